The number of hydrogen-bond acceptors (Lipinski definition) is 4. The van der Waals surface area contributed by atoms with Crippen LogP contribution in [0, 0.1) is 10.8 Å². The molecule has 1 aromatic carbocycles. The van der Waals surface area contributed by atoms with Crippen molar-refractivity contribution in [3.05, 3.63) is 29.3 Å². The third-order valence-corrected chi connectivity index (χ3v) is 1.78. The highest BCUT2D eigenvalue weighted by atomic mass is 19.4. The predicted molar refractivity (Wildman–Crippen MR) is 61.6 cm³/mol. The molecule has 0 saturated heterocycles. The number of alkyl halides is 3. The third kappa shape index (κ3) is 3.87. The Morgan fingerprint density at radius 1 is 1.29 bits per heavy atom. The molecular formula is C10H13F3N4. The Kier molecular flexibility index (Phi) is 5.33. The first-order valence-electron chi connectivity index (χ1n) is 4.50. The fraction of sp³-hybridized carbons (Fsp3) is 0.200. The highest BCUT2D eigenvalue weighted by molar-refractivity contribution is 6.36. The van der Waals surface area contributed by atoms with Crippen LogP contribution in [0.5, 0.6) is 0 Å². The van der Waals surface area contributed by atoms with Crippen LogP contribution in [-0.4, -0.2) is 19.0 Å². The average molecular weight is 246 g/mol. The maximum atomic E-state index is 12.5. The molecule has 0 fully saturated rings. The minimum Gasteiger partial charge on any atom is -0.399 e. The molecule has 0 amide bonds. The van der Waals surface area contributed by atoms with Crippen LogP contribution in [0.25, 0.3) is 0 Å². The number of nitrogens with one attached hydrogen (secondary N) is 2. The van der Waals surface area contributed by atoms with Crippen LogP contribution >= 0.6 is 0 Å². The Bertz CT molecular complexity index is 413. The highest BCUT2D eigenvalue weighted by Gasteiger charge is 2.33. The standard InChI is InChI=1S/C9H8F3N3.CH5N/c10-9(11,12)7-2-1-5(14)3-6(7)8(15)4-13;1-2/h1-4,13,15H,14H2;2H2,1H3. The van der Waals surface area contributed by atoms with E-state index in [1.54, 1.807) is 0 Å². The monoisotopic (exact) mass is 246 g/mol. The van der Waals surface area contributed by atoms with Gasteiger partial charge in [0.2, 0.25) is 0 Å². The van der Waals surface area contributed by atoms with Crippen molar-refractivity contribution in [1.29, 1.82) is 10.8 Å². The zero-order valence-electron chi connectivity index (χ0n) is 9.10. The predicted octanol–water partition coefficient (Wildman–Crippen LogP) is 1.88. The molecule has 0 spiro atoms. The van der Waals surface area contributed by atoms with Crippen molar-refractivity contribution in [3.8, 4) is 0 Å². The number of nitrogens with two attached hydrogens (primary N) is 2. The van der Waals surface area contributed by atoms with E-state index in [0.29, 0.717) is 6.21 Å². The lowest BCUT2D eigenvalue weighted by molar-refractivity contribution is -0.137. The summed E-state index contributed by atoms with van der Waals surface area (Å²) in [6, 6.07) is 2.96. The van der Waals surface area contributed by atoms with E-state index < -0.39 is 17.5 Å². The first kappa shape index (κ1) is 15.1. The van der Waals surface area contributed by atoms with Crippen molar-refractivity contribution >= 4 is 17.6 Å². The van der Waals surface area contributed by atoms with Gasteiger partial charge >= 0.3 is 6.18 Å². The third-order valence-electron chi connectivity index (χ3n) is 1.78. The number of rotatable bonds is 2. The summed E-state index contributed by atoms with van der Waals surface area (Å²) in [7, 11) is 1.50. The van der Waals surface area contributed by atoms with Crippen LogP contribution in [0.1, 0.15) is 11.1 Å². The van der Waals surface area contributed by atoms with Gasteiger partial charge in [-0.25, -0.2) is 0 Å². The van der Waals surface area contributed by atoms with E-state index in [1.165, 1.54) is 7.05 Å². The summed E-state index contributed by atoms with van der Waals surface area (Å²) >= 11 is 0. The van der Waals surface area contributed by atoms with Crippen LogP contribution in [0.3, 0.4) is 0 Å². The Labute approximate surface area is 96.4 Å². The molecule has 0 bridgehead atoms. The molecule has 0 aliphatic heterocycles. The van der Waals surface area contributed by atoms with Gasteiger partial charge in [0, 0.05) is 17.5 Å². The van der Waals surface area contributed by atoms with Gasteiger partial charge < -0.3 is 16.9 Å². The molecule has 0 aromatic heterocycles. The van der Waals surface area contributed by atoms with Crippen molar-refractivity contribution in [2.45, 2.75) is 6.18 Å². The van der Waals surface area contributed by atoms with E-state index in [2.05, 4.69) is 5.73 Å². The first-order valence-corrected chi connectivity index (χ1v) is 4.50. The number of anilines is 1. The SMILES string of the molecule is CN.N=CC(=N)c1cc(N)ccc1C(F)(F)F. The normalized spacial score (nSPS) is 10.2. The van der Waals surface area contributed by atoms with Crippen molar-refractivity contribution in [3.63, 3.8) is 0 Å². The van der Waals surface area contributed by atoms with Crippen LogP contribution in [0.4, 0.5) is 18.9 Å². The Morgan fingerprint density at radius 3 is 2.24 bits per heavy atom. The van der Waals surface area contributed by atoms with Crippen LogP contribution in [0.15, 0.2) is 18.2 Å². The molecule has 0 unspecified atom stereocenters. The second kappa shape index (κ2) is 6.00. The van der Waals surface area contributed by atoms with Crippen LogP contribution in [0.2, 0.25) is 0 Å². The van der Waals surface area contributed by atoms with Gasteiger partial charge in [-0.3, -0.25) is 5.41 Å². The molecule has 0 aliphatic rings. The molecule has 94 valence electrons. The lowest BCUT2D eigenvalue weighted by Gasteiger charge is -2.12. The topological polar surface area (TPSA) is 99.7 Å². The van der Waals surface area contributed by atoms with Gasteiger partial charge in [0.25, 0.3) is 0 Å². The molecular weight excluding hydrogens is 233 g/mol. The molecule has 0 radical (unpaired) electrons. The van der Waals surface area contributed by atoms with Crippen LogP contribution in [-0.2, 0) is 6.18 Å². The van der Waals surface area contributed by atoms with Crippen molar-refractivity contribution < 1.29 is 13.2 Å². The summed E-state index contributed by atoms with van der Waals surface area (Å²) in [5.74, 6) is 0. The molecule has 1 rings (SSSR count). The van der Waals surface area contributed by atoms with E-state index in [4.69, 9.17) is 16.6 Å². The largest absolute Gasteiger partial charge is 0.417 e. The fourth-order valence-electron chi connectivity index (χ4n) is 1.11. The molecule has 17 heavy (non-hydrogen) atoms. The number of nitrogen functional groups attached to an aromatic ring is 1. The van der Waals surface area contributed by atoms with Crippen molar-refractivity contribution in [1.82, 2.24) is 0 Å². The molecule has 0 aliphatic carbocycles. The van der Waals surface area contributed by atoms with Gasteiger partial charge in [-0.05, 0) is 25.2 Å². The Balaban J connectivity index is 0.00000121. The minimum atomic E-state index is -4.54. The second-order valence-corrected chi connectivity index (χ2v) is 2.86. The molecule has 4 nitrogen and oxygen atoms in total. The van der Waals surface area contributed by atoms with Crippen molar-refractivity contribution in [2.24, 2.45) is 5.73 Å². The highest BCUT2D eigenvalue weighted by Crippen LogP contribution is 2.32. The second-order valence-electron chi connectivity index (χ2n) is 2.86. The zero-order chi connectivity index (χ0) is 13.6. The van der Waals surface area contributed by atoms with E-state index >= 15 is 0 Å². The van der Waals surface area contributed by atoms with Crippen LogP contribution < -0.4 is 11.5 Å². The minimum absolute atomic E-state index is 0.129. The van der Waals surface area contributed by atoms with Gasteiger partial charge in [-0.2, -0.15) is 13.2 Å². The Morgan fingerprint density at radius 2 is 1.82 bits per heavy atom. The number of benzene rings is 1. The molecule has 0 heterocycles. The summed E-state index contributed by atoms with van der Waals surface area (Å²) in [6.45, 7) is 0. The van der Waals surface area contributed by atoms with E-state index in [0.717, 1.165) is 18.2 Å². The van der Waals surface area contributed by atoms with Gasteiger partial charge in [0.15, 0.2) is 0 Å². The van der Waals surface area contributed by atoms with Crippen molar-refractivity contribution in [2.75, 3.05) is 12.8 Å². The quantitative estimate of drug-likeness (QED) is 0.473. The molecule has 6 N–H and O–H groups in total. The maximum absolute atomic E-state index is 12.5. The lowest BCUT2D eigenvalue weighted by Crippen LogP contribution is -2.14. The smallest absolute Gasteiger partial charge is 0.399 e. The molecule has 7 heteroatoms. The molecule has 0 atom stereocenters. The average Bonchev–Trinajstić information content (AvgIpc) is 2.29. The summed E-state index contributed by atoms with van der Waals surface area (Å²) in [5, 5.41) is 14.0. The first-order chi connectivity index (χ1) is 7.86. The number of halogens is 3. The fourth-order valence-corrected chi connectivity index (χ4v) is 1.11. The maximum Gasteiger partial charge on any atom is 0.417 e. The van der Waals surface area contributed by atoms with Gasteiger partial charge in [0.1, 0.15) is 0 Å². The Hall–Kier alpha value is -1.89. The molecule has 0 saturated carbocycles. The molecule has 1 aromatic rings. The van der Waals surface area contributed by atoms with Gasteiger partial charge in [-0.15, -0.1) is 0 Å². The van der Waals surface area contributed by atoms with Gasteiger partial charge in [0.05, 0.1) is 11.3 Å². The number of hydrogen-bond donors (Lipinski definition) is 4. The summed E-state index contributed by atoms with van der Waals surface area (Å²) in [6.07, 6.45) is -4.00. The van der Waals surface area contributed by atoms with E-state index in [1.807, 2.05) is 0 Å². The summed E-state index contributed by atoms with van der Waals surface area (Å²) in [5.41, 5.74) is 8.10. The van der Waals surface area contributed by atoms with E-state index in [-0.39, 0.29) is 11.3 Å². The van der Waals surface area contributed by atoms with E-state index in [9.17, 15) is 13.2 Å². The lowest BCUT2D eigenvalue weighted by atomic mass is 10.0. The summed E-state index contributed by atoms with van der Waals surface area (Å²) in [4.78, 5) is 0. The zero-order valence-corrected chi connectivity index (χ0v) is 9.10. The van der Waals surface area contributed by atoms with Gasteiger partial charge in [-0.1, -0.05) is 0 Å². The summed E-state index contributed by atoms with van der Waals surface area (Å²) < 4.78 is 37.4.